The maximum atomic E-state index is 11.0. The van der Waals surface area contributed by atoms with Crippen LogP contribution in [0.15, 0.2) is 109 Å². The number of unbranched alkanes of at least 4 members (excludes halogenated alkanes) is 1. The van der Waals surface area contributed by atoms with Crippen molar-refractivity contribution in [3.05, 3.63) is 109 Å². The summed E-state index contributed by atoms with van der Waals surface area (Å²) in [5, 5.41) is 0. The molecule has 0 bridgehead atoms. The second-order valence-electron chi connectivity index (χ2n) is 5.06. The van der Waals surface area contributed by atoms with E-state index in [1.54, 1.807) is 12.2 Å². The van der Waals surface area contributed by atoms with Gasteiger partial charge < -0.3 is 0 Å². The minimum absolute atomic E-state index is 0.141. The average Bonchev–Trinajstić information content (AvgIpc) is 2.63. The van der Waals surface area contributed by atoms with Crippen molar-refractivity contribution >= 4 is 5.78 Å². The fourth-order valence-corrected chi connectivity index (χ4v) is 1.58. The van der Waals surface area contributed by atoms with Gasteiger partial charge in [0.2, 0.25) is 0 Å². The third-order valence-electron chi connectivity index (χ3n) is 2.95. The number of ketones is 1. The predicted molar refractivity (Wildman–Crippen MR) is 112 cm³/mol. The number of allylic oxidation sites excluding steroid dienone is 18. The topological polar surface area (TPSA) is 17.1 Å². The predicted octanol–water partition coefficient (Wildman–Crippen LogP) is 6.77. The zero-order chi connectivity index (χ0) is 18.4. The lowest BCUT2D eigenvalue weighted by Gasteiger charge is -1.82. The van der Waals surface area contributed by atoms with Crippen LogP contribution >= 0.6 is 0 Å². The van der Waals surface area contributed by atoms with Gasteiger partial charge in [-0.2, -0.15) is 0 Å². The number of hydrogen-bond acceptors (Lipinski definition) is 1. The summed E-state index contributed by atoms with van der Waals surface area (Å²) in [6, 6.07) is 0. The van der Waals surface area contributed by atoms with Crippen LogP contribution in [0.4, 0.5) is 0 Å². The van der Waals surface area contributed by atoms with Crippen LogP contribution in [-0.4, -0.2) is 5.78 Å². The summed E-state index contributed by atoms with van der Waals surface area (Å²) in [6.45, 7) is 3.90. The first-order chi connectivity index (χ1) is 12.3. The molecular formula is C24H30O. The third kappa shape index (κ3) is 19.3. The highest BCUT2D eigenvalue weighted by atomic mass is 16.1. The Hall–Kier alpha value is -2.67. The Bertz CT molecular complexity index is 588. The zero-order valence-electron chi connectivity index (χ0n) is 15.4. The van der Waals surface area contributed by atoms with Crippen molar-refractivity contribution in [2.75, 3.05) is 0 Å². The Kier molecular flexibility index (Phi) is 17.3. The molecule has 0 aliphatic carbocycles. The van der Waals surface area contributed by atoms with Gasteiger partial charge in [-0.1, -0.05) is 110 Å². The maximum Gasteiger partial charge on any atom is 0.155 e. The molecule has 0 saturated carbocycles. The first-order valence-electron chi connectivity index (χ1n) is 8.78. The van der Waals surface area contributed by atoms with E-state index in [2.05, 4.69) is 24.3 Å². The summed E-state index contributed by atoms with van der Waals surface area (Å²) in [4.78, 5) is 11.0. The zero-order valence-corrected chi connectivity index (χ0v) is 15.4. The van der Waals surface area contributed by atoms with E-state index in [-0.39, 0.29) is 5.78 Å². The normalized spacial score (nSPS) is 14.0. The molecule has 0 aliphatic heterocycles. The molecule has 0 aromatic carbocycles. The Morgan fingerprint density at radius 3 is 1.44 bits per heavy atom. The van der Waals surface area contributed by atoms with Gasteiger partial charge in [-0.05, 0) is 25.8 Å². The van der Waals surface area contributed by atoms with Crippen molar-refractivity contribution in [2.45, 2.75) is 33.1 Å². The molecule has 25 heavy (non-hydrogen) atoms. The van der Waals surface area contributed by atoms with Crippen molar-refractivity contribution in [2.24, 2.45) is 0 Å². The molecule has 0 N–H and O–H groups in total. The van der Waals surface area contributed by atoms with Gasteiger partial charge >= 0.3 is 0 Å². The largest absolute Gasteiger partial charge is 0.295 e. The Morgan fingerprint density at radius 1 is 0.600 bits per heavy atom. The molecule has 0 atom stereocenters. The molecule has 1 heteroatoms. The smallest absolute Gasteiger partial charge is 0.155 e. The van der Waals surface area contributed by atoms with Crippen LogP contribution < -0.4 is 0 Å². The lowest BCUT2D eigenvalue weighted by atomic mass is 10.2. The number of hydrogen-bond donors (Lipinski definition) is 0. The van der Waals surface area contributed by atoms with Crippen molar-refractivity contribution in [1.29, 1.82) is 0 Å². The van der Waals surface area contributed by atoms with E-state index in [1.165, 1.54) is 0 Å². The quantitative estimate of drug-likeness (QED) is 0.166. The molecule has 0 amide bonds. The van der Waals surface area contributed by atoms with E-state index >= 15 is 0 Å². The minimum atomic E-state index is 0.141. The lowest BCUT2D eigenvalue weighted by Crippen LogP contribution is -1.85. The second kappa shape index (κ2) is 19.4. The second-order valence-corrected chi connectivity index (χ2v) is 5.06. The minimum Gasteiger partial charge on any atom is -0.295 e. The SMILES string of the molecule is CC=CCCC=CC=CC=CC=CC=CC=CC=CC=CC(=O)CC. The molecule has 0 saturated heterocycles. The lowest BCUT2D eigenvalue weighted by molar-refractivity contribution is -0.114. The Labute approximate surface area is 153 Å². The first-order valence-corrected chi connectivity index (χ1v) is 8.78. The summed E-state index contributed by atoms with van der Waals surface area (Å²) >= 11 is 0. The van der Waals surface area contributed by atoms with E-state index in [0.29, 0.717) is 6.42 Å². The van der Waals surface area contributed by atoms with Crippen LogP contribution in [0.5, 0.6) is 0 Å². The van der Waals surface area contributed by atoms with Crippen LogP contribution in [-0.2, 0) is 4.79 Å². The van der Waals surface area contributed by atoms with Gasteiger partial charge in [0.25, 0.3) is 0 Å². The third-order valence-corrected chi connectivity index (χ3v) is 2.95. The van der Waals surface area contributed by atoms with Gasteiger partial charge in [0.15, 0.2) is 5.78 Å². The van der Waals surface area contributed by atoms with Gasteiger partial charge in [-0.25, -0.2) is 0 Å². The number of rotatable bonds is 12. The van der Waals surface area contributed by atoms with Gasteiger partial charge in [0, 0.05) is 6.42 Å². The molecule has 0 unspecified atom stereocenters. The van der Waals surface area contributed by atoms with Gasteiger partial charge in [-0.3, -0.25) is 4.79 Å². The molecule has 0 aromatic heterocycles. The van der Waals surface area contributed by atoms with E-state index in [1.807, 2.05) is 86.8 Å². The van der Waals surface area contributed by atoms with Crippen LogP contribution in [0.25, 0.3) is 0 Å². The van der Waals surface area contributed by atoms with Crippen LogP contribution in [0.2, 0.25) is 0 Å². The summed E-state index contributed by atoms with van der Waals surface area (Å²) in [7, 11) is 0. The molecule has 0 fully saturated rings. The molecule has 0 heterocycles. The summed E-state index contributed by atoms with van der Waals surface area (Å²) in [5.41, 5.74) is 0. The van der Waals surface area contributed by atoms with Gasteiger partial charge in [0.1, 0.15) is 0 Å². The van der Waals surface area contributed by atoms with Gasteiger partial charge in [0.05, 0.1) is 0 Å². The average molecular weight is 335 g/mol. The highest BCUT2D eigenvalue weighted by Crippen LogP contribution is 1.93. The van der Waals surface area contributed by atoms with E-state index in [0.717, 1.165) is 12.8 Å². The van der Waals surface area contributed by atoms with Crippen LogP contribution in [0, 0.1) is 0 Å². The number of carbonyl (C=O) groups excluding carboxylic acids is 1. The summed E-state index contributed by atoms with van der Waals surface area (Å²) in [5.74, 6) is 0.141. The fraction of sp³-hybridized carbons (Fsp3) is 0.208. The van der Waals surface area contributed by atoms with Crippen molar-refractivity contribution in [3.8, 4) is 0 Å². The molecule has 0 aromatic rings. The van der Waals surface area contributed by atoms with Gasteiger partial charge in [-0.15, -0.1) is 0 Å². The molecule has 1 nitrogen and oxygen atoms in total. The van der Waals surface area contributed by atoms with Crippen LogP contribution in [0.1, 0.15) is 33.1 Å². The summed E-state index contributed by atoms with van der Waals surface area (Å²) < 4.78 is 0. The monoisotopic (exact) mass is 334 g/mol. The van der Waals surface area contributed by atoms with E-state index in [4.69, 9.17) is 0 Å². The molecule has 0 spiro atoms. The van der Waals surface area contributed by atoms with Crippen molar-refractivity contribution in [3.63, 3.8) is 0 Å². The number of carbonyl (C=O) groups is 1. The molecule has 0 aliphatic rings. The molecule has 0 rings (SSSR count). The van der Waals surface area contributed by atoms with Crippen molar-refractivity contribution in [1.82, 2.24) is 0 Å². The van der Waals surface area contributed by atoms with E-state index in [9.17, 15) is 4.79 Å². The fourth-order valence-electron chi connectivity index (χ4n) is 1.58. The molecular weight excluding hydrogens is 304 g/mol. The maximum absolute atomic E-state index is 11.0. The van der Waals surface area contributed by atoms with E-state index < -0.39 is 0 Å². The van der Waals surface area contributed by atoms with Crippen molar-refractivity contribution < 1.29 is 4.79 Å². The Morgan fingerprint density at radius 2 is 1.00 bits per heavy atom. The molecule has 0 radical (unpaired) electrons. The molecule has 132 valence electrons. The Balaban J connectivity index is 3.87. The van der Waals surface area contributed by atoms with Crippen LogP contribution in [0.3, 0.4) is 0 Å². The standard InChI is InChI=1S/C24H30O/c1-3-5-6-7-8-9-10-11-12-13-14-15-16-17-18-19-20-21-22-23-24(25)4-2/h3,5,8-23H,4,6-7H2,1-2H3. The summed E-state index contributed by atoms with van der Waals surface area (Å²) in [6.07, 6.45) is 38.1. The highest BCUT2D eigenvalue weighted by molar-refractivity contribution is 5.89. The first kappa shape index (κ1) is 22.3. The highest BCUT2D eigenvalue weighted by Gasteiger charge is 1.85.